The van der Waals surface area contributed by atoms with Crippen LogP contribution < -0.4 is 10.9 Å². The Bertz CT molecular complexity index is 1470. The number of likely N-dealkylation sites (tertiary alicyclic amines) is 1. The zero-order chi connectivity index (χ0) is 24.4. The molecule has 1 fully saturated rings. The van der Waals surface area contributed by atoms with Crippen LogP contribution in [0.3, 0.4) is 0 Å². The second-order valence-electron chi connectivity index (χ2n) is 9.16. The second-order valence-corrected chi connectivity index (χ2v) is 9.52. The minimum absolute atomic E-state index is 0.0377. The molecule has 9 heteroatoms. The SMILES string of the molecule is CCCCn1c(=O)c2ccccc2n2c(=S)n(CN3CCCC(C(=O)Nc4ccccc4)C3)nc12. The van der Waals surface area contributed by atoms with Crippen molar-refractivity contribution in [3.05, 3.63) is 69.7 Å². The van der Waals surface area contributed by atoms with E-state index in [1.54, 1.807) is 9.25 Å². The van der Waals surface area contributed by atoms with Crippen molar-refractivity contribution in [2.75, 3.05) is 18.4 Å². The molecule has 35 heavy (non-hydrogen) atoms. The largest absolute Gasteiger partial charge is 0.326 e. The van der Waals surface area contributed by atoms with Crippen molar-refractivity contribution in [3.8, 4) is 0 Å². The lowest BCUT2D eigenvalue weighted by atomic mass is 9.97. The fourth-order valence-electron chi connectivity index (χ4n) is 4.83. The van der Waals surface area contributed by atoms with Gasteiger partial charge in [-0.05, 0) is 62.3 Å². The normalized spacial score (nSPS) is 16.7. The highest BCUT2D eigenvalue weighted by atomic mass is 32.1. The van der Waals surface area contributed by atoms with E-state index >= 15 is 0 Å². The summed E-state index contributed by atoms with van der Waals surface area (Å²) in [5.74, 6) is 0.514. The molecule has 0 aliphatic carbocycles. The van der Waals surface area contributed by atoms with Crippen LogP contribution in [0.1, 0.15) is 32.6 Å². The van der Waals surface area contributed by atoms with E-state index in [2.05, 4.69) is 17.1 Å². The predicted molar refractivity (Wildman–Crippen MR) is 140 cm³/mol. The summed E-state index contributed by atoms with van der Waals surface area (Å²) in [6.07, 6.45) is 3.65. The maximum atomic E-state index is 13.2. The van der Waals surface area contributed by atoms with Gasteiger partial charge in [0.1, 0.15) is 0 Å². The molecule has 5 rings (SSSR count). The van der Waals surface area contributed by atoms with Gasteiger partial charge in [-0.25, -0.2) is 4.68 Å². The Kier molecular flexibility index (Phi) is 6.79. The smallest absolute Gasteiger partial charge is 0.262 e. The van der Waals surface area contributed by atoms with Crippen LogP contribution in [-0.4, -0.2) is 42.6 Å². The number of aryl methyl sites for hydroxylation is 1. The summed E-state index contributed by atoms with van der Waals surface area (Å²) in [6.45, 7) is 4.69. The number of anilines is 1. The molecule has 1 amide bonds. The highest BCUT2D eigenvalue weighted by Crippen LogP contribution is 2.20. The number of carbonyl (C=O) groups is 1. The van der Waals surface area contributed by atoms with E-state index in [1.807, 2.05) is 59.0 Å². The number of carbonyl (C=O) groups excluding carboxylic acids is 1. The van der Waals surface area contributed by atoms with Crippen LogP contribution in [0.2, 0.25) is 0 Å². The van der Waals surface area contributed by atoms with Gasteiger partial charge in [-0.1, -0.05) is 43.7 Å². The molecule has 0 saturated carbocycles. The average molecular weight is 491 g/mol. The lowest BCUT2D eigenvalue weighted by molar-refractivity contribution is -0.121. The quantitative estimate of drug-likeness (QED) is 0.391. The standard InChI is InChI=1S/C26H30N6O2S/c1-2-3-16-30-24(34)21-13-7-8-14-22(21)32-25(30)28-31(26(32)35)18-29-15-9-10-19(17-29)23(33)27-20-11-5-4-6-12-20/h4-8,11-14,19H,2-3,9-10,15-18H2,1H3,(H,27,33). The molecule has 1 unspecified atom stereocenters. The summed E-state index contributed by atoms with van der Waals surface area (Å²) >= 11 is 5.85. The second kappa shape index (κ2) is 10.1. The molecule has 2 aromatic carbocycles. The number of benzene rings is 2. The summed E-state index contributed by atoms with van der Waals surface area (Å²) in [5, 5.41) is 8.48. The van der Waals surface area contributed by atoms with E-state index in [1.165, 1.54) is 0 Å². The number of nitrogens with one attached hydrogen (secondary N) is 1. The van der Waals surface area contributed by atoms with Crippen LogP contribution in [0, 0.1) is 10.7 Å². The number of nitrogens with zero attached hydrogens (tertiary/aromatic N) is 5. The van der Waals surface area contributed by atoms with Crippen LogP contribution >= 0.6 is 12.2 Å². The average Bonchev–Trinajstić information content (AvgIpc) is 3.20. The van der Waals surface area contributed by atoms with Crippen molar-refractivity contribution in [1.82, 2.24) is 23.6 Å². The summed E-state index contributed by atoms with van der Waals surface area (Å²) < 4.78 is 5.99. The first-order valence-electron chi connectivity index (χ1n) is 12.3. The monoisotopic (exact) mass is 490 g/mol. The van der Waals surface area contributed by atoms with Crippen molar-refractivity contribution in [1.29, 1.82) is 0 Å². The third-order valence-electron chi connectivity index (χ3n) is 6.67. The molecule has 0 spiro atoms. The first-order valence-corrected chi connectivity index (χ1v) is 12.7. The molecular weight excluding hydrogens is 460 g/mol. The maximum absolute atomic E-state index is 13.2. The van der Waals surface area contributed by atoms with E-state index in [-0.39, 0.29) is 17.4 Å². The number of piperidine rings is 1. The van der Waals surface area contributed by atoms with Gasteiger partial charge in [0.2, 0.25) is 16.5 Å². The Morgan fingerprint density at radius 2 is 1.91 bits per heavy atom. The number of para-hydroxylation sites is 2. The Morgan fingerprint density at radius 1 is 1.14 bits per heavy atom. The zero-order valence-corrected chi connectivity index (χ0v) is 20.7. The number of aromatic nitrogens is 4. The molecule has 182 valence electrons. The molecule has 1 aliphatic rings. The topological polar surface area (TPSA) is 76.6 Å². The fourth-order valence-corrected chi connectivity index (χ4v) is 5.11. The maximum Gasteiger partial charge on any atom is 0.262 e. The fraction of sp³-hybridized carbons (Fsp3) is 0.385. The summed E-state index contributed by atoms with van der Waals surface area (Å²) in [4.78, 5) is 28.3. The van der Waals surface area contributed by atoms with Gasteiger partial charge in [0.25, 0.3) is 5.56 Å². The van der Waals surface area contributed by atoms with Gasteiger partial charge in [-0.2, -0.15) is 0 Å². The number of unbranched alkanes of at least 4 members (excludes halogenated alkanes) is 1. The minimum atomic E-state index is -0.0984. The molecule has 4 aromatic rings. The molecule has 0 radical (unpaired) electrons. The number of hydrogen-bond donors (Lipinski definition) is 1. The van der Waals surface area contributed by atoms with Crippen molar-refractivity contribution in [3.63, 3.8) is 0 Å². The van der Waals surface area contributed by atoms with Crippen LogP contribution in [0.4, 0.5) is 5.69 Å². The van der Waals surface area contributed by atoms with Gasteiger partial charge in [0, 0.05) is 18.8 Å². The van der Waals surface area contributed by atoms with Crippen LogP contribution in [0.5, 0.6) is 0 Å². The van der Waals surface area contributed by atoms with Gasteiger partial charge < -0.3 is 5.32 Å². The van der Waals surface area contributed by atoms with Crippen molar-refractivity contribution < 1.29 is 4.79 Å². The Morgan fingerprint density at radius 3 is 2.71 bits per heavy atom. The first-order chi connectivity index (χ1) is 17.1. The predicted octanol–water partition coefficient (Wildman–Crippen LogP) is 4.29. The van der Waals surface area contributed by atoms with Crippen LogP contribution in [0.15, 0.2) is 59.4 Å². The van der Waals surface area contributed by atoms with Crippen molar-refractivity contribution in [2.24, 2.45) is 5.92 Å². The van der Waals surface area contributed by atoms with Crippen molar-refractivity contribution >= 4 is 40.5 Å². The molecule has 1 atom stereocenters. The molecule has 1 saturated heterocycles. The Balaban J connectivity index is 1.44. The molecule has 1 aliphatic heterocycles. The molecule has 3 heterocycles. The molecule has 0 bridgehead atoms. The van der Waals surface area contributed by atoms with Crippen molar-refractivity contribution in [2.45, 2.75) is 45.8 Å². The molecule has 8 nitrogen and oxygen atoms in total. The van der Waals surface area contributed by atoms with Gasteiger partial charge in [0.05, 0.1) is 23.5 Å². The third-order valence-corrected chi connectivity index (χ3v) is 7.06. The van der Waals surface area contributed by atoms with Crippen LogP contribution in [-0.2, 0) is 18.0 Å². The number of rotatable bonds is 7. The Hall–Kier alpha value is -3.30. The first kappa shape index (κ1) is 23.4. The van der Waals surface area contributed by atoms with Gasteiger partial charge in [-0.15, -0.1) is 5.10 Å². The summed E-state index contributed by atoms with van der Waals surface area (Å²) in [7, 11) is 0. The van der Waals surface area contributed by atoms with E-state index in [0.717, 1.165) is 43.4 Å². The van der Waals surface area contributed by atoms with Gasteiger partial charge in [0.15, 0.2) is 0 Å². The van der Waals surface area contributed by atoms with Crippen LogP contribution in [0.25, 0.3) is 16.7 Å². The molecule has 1 N–H and O–H groups in total. The number of amides is 1. The van der Waals surface area contributed by atoms with E-state index in [4.69, 9.17) is 17.3 Å². The highest BCUT2D eigenvalue weighted by Gasteiger charge is 2.27. The van der Waals surface area contributed by atoms with Gasteiger partial charge in [-0.3, -0.25) is 23.5 Å². The number of fused-ring (bicyclic) bond motifs is 3. The van der Waals surface area contributed by atoms with Gasteiger partial charge >= 0.3 is 0 Å². The summed E-state index contributed by atoms with van der Waals surface area (Å²) in [5.41, 5.74) is 1.55. The lowest BCUT2D eigenvalue weighted by Gasteiger charge is -2.31. The van der Waals surface area contributed by atoms with E-state index < -0.39 is 0 Å². The third kappa shape index (κ3) is 4.66. The number of hydrogen-bond acceptors (Lipinski definition) is 5. The van der Waals surface area contributed by atoms with E-state index in [0.29, 0.717) is 35.7 Å². The summed E-state index contributed by atoms with van der Waals surface area (Å²) in [6, 6.07) is 17.1. The molecule has 2 aromatic heterocycles. The zero-order valence-electron chi connectivity index (χ0n) is 19.9. The minimum Gasteiger partial charge on any atom is -0.326 e. The highest BCUT2D eigenvalue weighted by molar-refractivity contribution is 7.71. The van der Waals surface area contributed by atoms with E-state index in [9.17, 15) is 9.59 Å². The lowest BCUT2D eigenvalue weighted by Crippen LogP contribution is -2.41. The Labute approximate surface area is 208 Å². The molecular formula is C26H30N6O2S.